The number of amides is 1. The maximum absolute atomic E-state index is 13.9. The van der Waals surface area contributed by atoms with Gasteiger partial charge in [0.25, 0.3) is 5.91 Å². The first-order chi connectivity index (χ1) is 15.4. The molecule has 0 fully saturated rings. The van der Waals surface area contributed by atoms with Crippen molar-refractivity contribution in [2.24, 2.45) is 0 Å². The van der Waals surface area contributed by atoms with Gasteiger partial charge in [0.05, 0.1) is 11.6 Å². The van der Waals surface area contributed by atoms with Crippen LogP contribution in [-0.2, 0) is 13.3 Å². The predicted molar refractivity (Wildman–Crippen MR) is 118 cm³/mol. The van der Waals surface area contributed by atoms with E-state index in [4.69, 9.17) is 39.5 Å². The lowest BCUT2D eigenvalue weighted by Crippen LogP contribution is -2.15. The number of carbonyl (C=O) groups excluding carboxylic acids is 1. The Balaban J connectivity index is 1.36. The third-order valence-corrected chi connectivity index (χ3v) is 5.15. The highest BCUT2D eigenvalue weighted by Crippen LogP contribution is 2.27. The number of nitrogens with zero attached hydrogens (tertiary/aromatic N) is 5. The number of rotatable bonds is 7. The van der Waals surface area contributed by atoms with E-state index in [1.165, 1.54) is 33.9 Å². The standard InChI is InChI=1S/C20H14Cl3FN6O2/c21-12-4-5-18(15(23)8-12)32-11-29-7-6-17(27-29)19(31)26-20-25-10-30(28-20)9-13-14(22)2-1-3-16(13)24/h1-8,10H,9,11H2,(H,26,28,31). The van der Waals surface area contributed by atoms with Gasteiger partial charge in [-0.3, -0.25) is 10.1 Å². The number of halogens is 4. The highest BCUT2D eigenvalue weighted by atomic mass is 35.5. The average Bonchev–Trinajstić information content (AvgIpc) is 3.40. The van der Waals surface area contributed by atoms with Crippen molar-refractivity contribution in [3.63, 3.8) is 0 Å². The predicted octanol–water partition coefficient (Wildman–Crippen LogP) is 4.91. The summed E-state index contributed by atoms with van der Waals surface area (Å²) < 4.78 is 22.3. The lowest BCUT2D eigenvalue weighted by molar-refractivity contribution is 0.101. The van der Waals surface area contributed by atoms with Gasteiger partial charge in [-0.25, -0.2) is 18.7 Å². The first-order valence-electron chi connectivity index (χ1n) is 9.14. The van der Waals surface area contributed by atoms with Crippen molar-refractivity contribution in [2.45, 2.75) is 13.3 Å². The minimum Gasteiger partial charge on any atom is -0.470 e. The second-order valence-corrected chi connectivity index (χ2v) is 7.76. The third kappa shape index (κ3) is 5.18. The molecular formula is C20H14Cl3FN6O2. The van der Waals surface area contributed by atoms with E-state index in [0.717, 1.165) is 0 Å². The van der Waals surface area contributed by atoms with Crippen LogP contribution in [-0.4, -0.2) is 30.5 Å². The Morgan fingerprint density at radius 1 is 1.06 bits per heavy atom. The molecule has 4 rings (SSSR count). The molecule has 1 N–H and O–H groups in total. The number of carbonyl (C=O) groups is 1. The lowest BCUT2D eigenvalue weighted by atomic mass is 10.2. The van der Waals surface area contributed by atoms with Crippen LogP contribution in [0, 0.1) is 5.82 Å². The van der Waals surface area contributed by atoms with Crippen LogP contribution in [0.3, 0.4) is 0 Å². The summed E-state index contributed by atoms with van der Waals surface area (Å²) in [7, 11) is 0. The second-order valence-electron chi connectivity index (χ2n) is 6.51. The zero-order chi connectivity index (χ0) is 22.7. The van der Waals surface area contributed by atoms with Crippen molar-refractivity contribution in [1.82, 2.24) is 24.5 Å². The molecule has 0 aliphatic heterocycles. The van der Waals surface area contributed by atoms with Gasteiger partial charge in [-0.05, 0) is 36.4 Å². The molecule has 1 amide bonds. The topological polar surface area (TPSA) is 86.9 Å². The number of hydrogen-bond acceptors (Lipinski definition) is 5. The summed E-state index contributed by atoms with van der Waals surface area (Å²) in [5.41, 5.74) is 0.403. The number of benzene rings is 2. The fourth-order valence-electron chi connectivity index (χ4n) is 2.72. The minimum absolute atomic E-state index is 0.0326. The molecule has 8 nitrogen and oxygen atoms in total. The Morgan fingerprint density at radius 2 is 1.91 bits per heavy atom. The van der Waals surface area contributed by atoms with Gasteiger partial charge >= 0.3 is 0 Å². The van der Waals surface area contributed by atoms with Crippen LogP contribution >= 0.6 is 34.8 Å². The fourth-order valence-corrected chi connectivity index (χ4v) is 3.41. The van der Waals surface area contributed by atoms with Gasteiger partial charge in [0.1, 0.15) is 17.9 Å². The zero-order valence-corrected chi connectivity index (χ0v) is 18.4. The molecule has 0 aliphatic carbocycles. The summed E-state index contributed by atoms with van der Waals surface area (Å²) >= 11 is 18.0. The maximum Gasteiger partial charge on any atom is 0.278 e. The second kappa shape index (κ2) is 9.56. The van der Waals surface area contributed by atoms with Crippen molar-refractivity contribution in [3.05, 3.63) is 87.1 Å². The first kappa shape index (κ1) is 22.1. The molecule has 0 atom stereocenters. The lowest BCUT2D eigenvalue weighted by Gasteiger charge is -2.08. The van der Waals surface area contributed by atoms with Gasteiger partial charge in [0, 0.05) is 21.8 Å². The first-order valence-corrected chi connectivity index (χ1v) is 10.3. The molecule has 2 aromatic heterocycles. The van der Waals surface area contributed by atoms with Gasteiger partial charge in [0.15, 0.2) is 12.4 Å². The molecule has 32 heavy (non-hydrogen) atoms. The molecule has 164 valence electrons. The van der Waals surface area contributed by atoms with E-state index in [1.807, 2.05) is 0 Å². The number of aromatic nitrogens is 5. The van der Waals surface area contributed by atoms with Crippen LogP contribution < -0.4 is 10.1 Å². The molecule has 2 aromatic carbocycles. The molecule has 0 saturated heterocycles. The molecule has 0 saturated carbocycles. The Kier molecular flexibility index (Phi) is 6.59. The van der Waals surface area contributed by atoms with Crippen LogP contribution in [0.4, 0.5) is 10.3 Å². The molecule has 12 heteroatoms. The van der Waals surface area contributed by atoms with E-state index < -0.39 is 11.7 Å². The summed E-state index contributed by atoms with van der Waals surface area (Å²) in [4.78, 5) is 16.4. The van der Waals surface area contributed by atoms with Gasteiger partial charge in [0.2, 0.25) is 5.95 Å². The van der Waals surface area contributed by atoms with Crippen LogP contribution in [0.25, 0.3) is 0 Å². The number of hydrogen-bond donors (Lipinski definition) is 1. The van der Waals surface area contributed by atoms with Crippen molar-refractivity contribution in [2.75, 3.05) is 5.32 Å². The van der Waals surface area contributed by atoms with Crippen molar-refractivity contribution in [3.8, 4) is 5.75 Å². The van der Waals surface area contributed by atoms with E-state index in [-0.39, 0.29) is 35.5 Å². The summed E-state index contributed by atoms with van der Waals surface area (Å²) in [5, 5.41) is 11.9. The van der Waals surface area contributed by atoms with Gasteiger partial charge in [-0.1, -0.05) is 40.9 Å². The maximum atomic E-state index is 13.9. The smallest absolute Gasteiger partial charge is 0.278 e. The van der Waals surface area contributed by atoms with Crippen LogP contribution in [0.15, 0.2) is 55.0 Å². The van der Waals surface area contributed by atoms with E-state index in [2.05, 4.69) is 20.5 Å². The van der Waals surface area contributed by atoms with Gasteiger partial charge in [-0.2, -0.15) is 5.10 Å². The zero-order valence-electron chi connectivity index (χ0n) is 16.2. The van der Waals surface area contributed by atoms with Crippen molar-refractivity contribution in [1.29, 1.82) is 0 Å². The molecular weight excluding hydrogens is 482 g/mol. The summed E-state index contributed by atoms with van der Waals surface area (Å²) in [5.74, 6) is -0.496. The fraction of sp³-hybridized carbons (Fsp3) is 0.100. The highest BCUT2D eigenvalue weighted by Gasteiger charge is 2.14. The van der Waals surface area contributed by atoms with E-state index in [0.29, 0.717) is 15.8 Å². The third-order valence-electron chi connectivity index (χ3n) is 4.26. The van der Waals surface area contributed by atoms with Gasteiger partial charge in [-0.15, -0.1) is 5.10 Å². The molecule has 0 spiro atoms. The van der Waals surface area contributed by atoms with E-state index in [9.17, 15) is 9.18 Å². The number of anilines is 1. The molecule has 4 aromatic rings. The SMILES string of the molecule is O=C(Nc1ncn(Cc2c(F)cccc2Cl)n1)c1ccn(COc2ccc(Cl)cc2Cl)n1. The normalized spacial score (nSPS) is 10.9. The Bertz CT molecular complexity index is 1260. The minimum atomic E-state index is -0.519. The largest absolute Gasteiger partial charge is 0.470 e. The van der Waals surface area contributed by atoms with Crippen LogP contribution in [0.1, 0.15) is 16.1 Å². The van der Waals surface area contributed by atoms with Crippen molar-refractivity contribution < 1.29 is 13.9 Å². The Hall–Kier alpha value is -3.14. The molecule has 2 heterocycles. The summed E-state index contributed by atoms with van der Waals surface area (Å²) in [6, 6.07) is 10.8. The summed E-state index contributed by atoms with van der Waals surface area (Å²) in [6.45, 7) is 0.0957. The van der Waals surface area contributed by atoms with Crippen molar-refractivity contribution >= 4 is 46.7 Å². The summed E-state index contributed by atoms with van der Waals surface area (Å²) in [6.07, 6.45) is 2.94. The quantitative estimate of drug-likeness (QED) is 0.394. The monoisotopic (exact) mass is 494 g/mol. The number of nitrogens with one attached hydrogen (secondary N) is 1. The molecule has 0 aliphatic rings. The van der Waals surface area contributed by atoms with Crippen LogP contribution in [0.2, 0.25) is 15.1 Å². The van der Waals surface area contributed by atoms with Crippen LogP contribution in [0.5, 0.6) is 5.75 Å². The van der Waals surface area contributed by atoms with Gasteiger partial charge < -0.3 is 4.74 Å². The Labute approximate surface area is 196 Å². The molecule has 0 bridgehead atoms. The average molecular weight is 496 g/mol. The van der Waals surface area contributed by atoms with E-state index >= 15 is 0 Å². The Morgan fingerprint density at radius 3 is 2.69 bits per heavy atom. The highest BCUT2D eigenvalue weighted by molar-refractivity contribution is 6.35. The molecule has 0 unspecified atom stereocenters. The number of ether oxygens (including phenoxy) is 1. The van der Waals surface area contributed by atoms with E-state index in [1.54, 1.807) is 30.5 Å². The molecule has 0 radical (unpaired) electrons.